The third-order valence-corrected chi connectivity index (χ3v) is 4.10. The molecule has 23 heavy (non-hydrogen) atoms. The van der Waals surface area contributed by atoms with Crippen molar-refractivity contribution < 1.29 is 9.53 Å². The molecule has 2 nitrogen and oxygen atoms in total. The van der Waals surface area contributed by atoms with E-state index in [9.17, 15) is 4.79 Å². The van der Waals surface area contributed by atoms with Crippen molar-refractivity contribution in [3.63, 3.8) is 0 Å². The molecule has 0 fully saturated rings. The number of rotatable bonds is 4. The molecular weight excluding hydrogens is 352 g/mol. The lowest BCUT2D eigenvalue weighted by Gasteiger charge is -2.12. The molecule has 0 unspecified atom stereocenters. The highest BCUT2D eigenvalue weighted by Gasteiger charge is 2.08. The van der Waals surface area contributed by atoms with Crippen LogP contribution < -0.4 is 4.74 Å². The Morgan fingerprint density at radius 3 is 2.39 bits per heavy atom. The van der Waals surface area contributed by atoms with Gasteiger partial charge in [-0.15, -0.1) is 0 Å². The smallest absolute Gasteiger partial charge is 0.153 e. The summed E-state index contributed by atoms with van der Waals surface area (Å²) in [5.41, 5.74) is 3.58. The lowest BCUT2D eigenvalue weighted by Crippen LogP contribution is -1.93. The zero-order valence-corrected chi connectivity index (χ0v) is 14.2. The van der Waals surface area contributed by atoms with Gasteiger partial charge in [-0.3, -0.25) is 4.79 Å². The number of aryl methyl sites for hydroxylation is 1. The van der Waals surface area contributed by atoms with Gasteiger partial charge in [-0.05, 0) is 53.9 Å². The van der Waals surface area contributed by atoms with Gasteiger partial charge in [-0.2, -0.15) is 0 Å². The van der Waals surface area contributed by atoms with E-state index in [0.717, 1.165) is 33.2 Å². The molecule has 0 aliphatic rings. The Kier molecular flexibility index (Phi) is 4.58. The standard InChI is InChI=1S/C20H15BrO2/c1-14-5-2-3-8-19(14)23-20-10-9-16(11-17(20)13-22)15-6-4-7-18(21)12-15/h2-13H,1H3. The van der Waals surface area contributed by atoms with Crippen molar-refractivity contribution in [2.75, 3.05) is 0 Å². The van der Waals surface area contributed by atoms with E-state index in [1.165, 1.54) is 0 Å². The molecule has 114 valence electrons. The van der Waals surface area contributed by atoms with Crippen LogP contribution in [0, 0.1) is 6.92 Å². The minimum Gasteiger partial charge on any atom is -0.456 e. The summed E-state index contributed by atoms with van der Waals surface area (Å²) in [6.45, 7) is 1.98. The maximum Gasteiger partial charge on any atom is 0.153 e. The maximum atomic E-state index is 11.5. The lowest BCUT2D eigenvalue weighted by atomic mass is 10.0. The Labute approximate surface area is 143 Å². The molecule has 0 aliphatic heterocycles. The van der Waals surface area contributed by atoms with E-state index in [0.29, 0.717) is 11.3 Å². The molecule has 0 spiro atoms. The van der Waals surface area contributed by atoms with Crippen molar-refractivity contribution in [3.05, 3.63) is 82.3 Å². The van der Waals surface area contributed by atoms with Crippen LogP contribution in [0.4, 0.5) is 0 Å². The van der Waals surface area contributed by atoms with Crippen molar-refractivity contribution in [3.8, 4) is 22.6 Å². The number of hydrogen-bond donors (Lipinski definition) is 0. The molecule has 0 atom stereocenters. The predicted octanol–water partition coefficient (Wildman–Crippen LogP) is 6.03. The van der Waals surface area contributed by atoms with E-state index in [2.05, 4.69) is 15.9 Å². The molecule has 0 saturated carbocycles. The average molecular weight is 367 g/mol. The van der Waals surface area contributed by atoms with Crippen LogP contribution in [0.5, 0.6) is 11.5 Å². The summed E-state index contributed by atoms with van der Waals surface area (Å²) in [7, 11) is 0. The van der Waals surface area contributed by atoms with E-state index in [1.807, 2.05) is 73.7 Å². The molecule has 0 saturated heterocycles. The van der Waals surface area contributed by atoms with E-state index in [-0.39, 0.29) is 0 Å². The van der Waals surface area contributed by atoms with E-state index in [1.54, 1.807) is 0 Å². The van der Waals surface area contributed by atoms with Gasteiger partial charge in [0.15, 0.2) is 6.29 Å². The molecule has 3 heteroatoms. The SMILES string of the molecule is Cc1ccccc1Oc1ccc(-c2cccc(Br)c2)cc1C=O. The monoisotopic (exact) mass is 366 g/mol. The van der Waals surface area contributed by atoms with Crippen LogP contribution in [0.15, 0.2) is 71.2 Å². The van der Waals surface area contributed by atoms with Gasteiger partial charge in [-0.25, -0.2) is 0 Å². The van der Waals surface area contributed by atoms with Crippen molar-refractivity contribution in [2.45, 2.75) is 6.92 Å². The molecule has 0 radical (unpaired) electrons. The molecule has 3 aromatic carbocycles. The normalized spacial score (nSPS) is 10.3. The lowest BCUT2D eigenvalue weighted by molar-refractivity contribution is 0.112. The number of benzene rings is 3. The number of carbonyl (C=O) groups excluding carboxylic acids is 1. The Hall–Kier alpha value is -2.39. The quantitative estimate of drug-likeness (QED) is 0.527. The first-order valence-electron chi connectivity index (χ1n) is 7.26. The summed E-state index contributed by atoms with van der Waals surface area (Å²) in [6.07, 6.45) is 0.828. The van der Waals surface area contributed by atoms with Gasteiger partial charge >= 0.3 is 0 Å². The first-order valence-corrected chi connectivity index (χ1v) is 8.05. The zero-order valence-electron chi connectivity index (χ0n) is 12.6. The van der Waals surface area contributed by atoms with Crippen molar-refractivity contribution in [1.29, 1.82) is 0 Å². The summed E-state index contributed by atoms with van der Waals surface area (Å²) in [5, 5.41) is 0. The minimum absolute atomic E-state index is 0.533. The van der Waals surface area contributed by atoms with Gasteiger partial charge in [0.2, 0.25) is 0 Å². The van der Waals surface area contributed by atoms with Crippen LogP contribution in [0.3, 0.4) is 0 Å². The zero-order chi connectivity index (χ0) is 16.2. The van der Waals surface area contributed by atoms with Crippen molar-refractivity contribution in [1.82, 2.24) is 0 Å². The molecule has 0 N–H and O–H groups in total. The van der Waals surface area contributed by atoms with Gasteiger partial charge in [0.1, 0.15) is 11.5 Å². The Morgan fingerprint density at radius 2 is 1.65 bits per heavy atom. The van der Waals surface area contributed by atoms with Gasteiger partial charge in [-0.1, -0.05) is 52.3 Å². The second kappa shape index (κ2) is 6.80. The maximum absolute atomic E-state index is 11.5. The van der Waals surface area contributed by atoms with E-state index >= 15 is 0 Å². The molecule has 0 aromatic heterocycles. The number of para-hydroxylation sites is 1. The summed E-state index contributed by atoms with van der Waals surface area (Å²) in [6, 6.07) is 21.4. The van der Waals surface area contributed by atoms with Crippen LogP contribution in [-0.4, -0.2) is 6.29 Å². The van der Waals surface area contributed by atoms with Gasteiger partial charge in [0.05, 0.1) is 5.56 Å². The predicted molar refractivity (Wildman–Crippen MR) is 96.2 cm³/mol. The summed E-state index contributed by atoms with van der Waals surface area (Å²) in [5.74, 6) is 1.32. The average Bonchev–Trinajstić information content (AvgIpc) is 2.57. The molecule has 0 bridgehead atoms. The number of carbonyl (C=O) groups is 1. The van der Waals surface area contributed by atoms with Crippen LogP contribution >= 0.6 is 15.9 Å². The highest BCUT2D eigenvalue weighted by Crippen LogP contribution is 2.31. The Morgan fingerprint density at radius 1 is 0.870 bits per heavy atom. The van der Waals surface area contributed by atoms with Crippen LogP contribution in [0.25, 0.3) is 11.1 Å². The van der Waals surface area contributed by atoms with E-state index < -0.39 is 0 Å². The van der Waals surface area contributed by atoms with Crippen LogP contribution in [0.1, 0.15) is 15.9 Å². The van der Waals surface area contributed by atoms with Gasteiger partial charge in [0.25, 0.3) is 0 Å². The number of halogens is 1. The molecule has 3 rings (SSSR count). The van der Waals surface area contributed by atoms with Gasteiger partial charge < -0.3 is 4.74 Å². The second-order valence-electron chi connectivity index (χ2n) is 5.25. The molecule has 3 aromatic rings. The first-order chi connectivity index (χ1) is 11.2. The highest BCUT2D eigenvalue weighted by atomic mass is 79.9. The Balaban J connectivity index is 1.97. The third kappa shape index (κ3) is 3.51. The summed E-state index contributed by atoms with van der Waals surface area (Å²) in [4.78, 5) is 11.5. The molecular formula is C20H15BrO2. The van der Waals surface area contributed by atoms with Crippen molar-refractivity contribution in [2.24, 2.45) is 0 Å². The molecule has 0 aliphatic carbocycles. The fourth-order valence-electron chi connectivity index (χ4n) is 2.37. The van der Waals surface area contributed by atoms with Gasteiger partial charge in [0, 0.05) is 4.47 Å². The molecule has 0 heterocycles. The second-order valence-corrected chi connectivity index (χ2v) is 6.16. The summed E-state index contributed by atoms with van der Waals surface area (Å²) >= 11 is 3.47. The number of aldehydes is 1. The fraction of sp³-hybridized carbons (Fsp3) is 0.0500. The van der Waals surface area contributed by atoms with Crippen LogP contribution in [0.2, 0.25) is 0 Å². The summed E-state index contributed by atoms with van der Waals surface area (Å²) < 4.78 is 6.91. The van der Waals surface area contributed by atoms with Crippen LogP contribution in [-0.2, 0) is 0 Å². The third-order valence-electron chi connectivity index (χ3n) is 3.61. The minimum atomic E-state index is 0.533. The first kappa shape index (κ1) is 15.5. The topological polar surface area (TPSA) is 26.3 Å². The number of ether oxygens (including phenoxy) is 1. The van der Waals surface area contributed by atoms with Crippen molar-refractivity contribution >= 4 is 22.2 Å². The molecule has 0 amide bonds. The largest absolute Gasteiger partial charge is 0.456 e. The Bertz CT molecular complexity index is 856. The highest BCUT2D eigenvalue weighted by molar-refractivity contribution is 9.10. The fourth-order valence-corrected chi connectivity index (χ4v) is 2.77. The number of hydrogen-bond acceptors (Lipinski definition) is 2. The van der Waals surface area contributed by atoms with E-state index in [4.69, 9.17) is 4.74 Å².